The number of furan rings is 1. The van der Waals surface area contributed by atoms with E-state index in [9.17, 15) is 27.9 Å². The number of nitrogens with two attached hydrogens (primary N) is 2. The number of primary amides is 1. The lowest BCUT2D eigenvalue weighted by Gasteiger charge is -2.26. The fraction of sp³-hybridized carbons (Fsp3) is 0.148. The number of benzene rings is 3. The molecule has 1 aromatic heterocycles. The number of ketones is 1. The highest BCUT2D eigenvalue weighted by molar-refractivity contribution is 7.88. The number of amides is 1. The number of rotatable bonds is 10. The Kier molecular flexibility index (Phi) is 8.22. The third-order valence-electron chi connectivity index (χ3n) is 6.16. The van der Waals surface area contributed by atoms with Gasteiger partial charge in [-0.15, -0.1) is 0 Å². The van der Waals surface area contributed by atoms with Gasteiger partial charge >= 0.3 is 5.97 Å². The quantitative estimate of drug-likeness (QED) is 0.225. The number of carbonyl (C=O) groups is 3. The SMILES string of the molecule is CS(=O)(=O)N(Cc1cccc(-c2ccc3c(N)c(C(=O)c4ccc(Cl)cc4Cl)oc3c2)c1)[C@H](CC(N)=O)C(=O)O. The molecule has 0 saturated carbocycles. The highest BCUT2D eigenvalue weighted by Crippen LogP contribution is 2.35. The first-order chi connectivity index (χ1) is 18.8. The van der Waals surface area contributed by atoms with Gasteiger partial charge in [0.2, 0.25) is 21.7 Å². The second-order valence-electron chi connectivity index (χ2n) is 9.04. The van der Waals surface area contributed by atoms with Crippen molar-refractivity contribution in [3.8, 4) is 11.1 Å². The largest absolute Gasteiger partial charge is 0.480 e. The summed E-state index contributed by atoms with van der Waals surface area (Å²) < 4.78 is 31.4. The molecule has 10 nitrogen and oxygen atoms in total. The molecular formula is C27H23Cl2N3O7S. The minimum atomic E-state index is -4.03. The van der Waals surface area contributed by atoms with E-state index in [4.69, 9.17) is 39.1 Å². The van der Waals surface area contributed by atoms with E-state index < -0.39 is 40.1 Å². The molecule has 0 unspecified atom stereocenters. The molecule has 0 aliphatic carbocycles. The second kappa shape index (κ2) is 11.3. The van der Waals surface area contributed by atoms with E-state index in [0.717, 1.165) is 10.6 Å². The van der Waals surface area contributed by atoms with Gasteiger partial charge in [0.1, 0.15) is 11.6 Å². The average molecular weight is 604 g/mol. The number of sulfonamides is 1. The number of nitrogen functional groups attached to an aromatic ring is 1. The Labute approximate surface area is 239 Å². The number of aliphatic carboxylic acids is 1. The van der Waals surface area contributed by atoms with Gasteiger partial charge in [-0.2, -0.15) is 4.31 Å². The molecule has 0 radical (unpaired) electrons. The van der Waals surface area contributed by atoms with Crippen LogP contribution in [-0.2, 0) is 26.2 Å². The summed E-state index contributed by atoms with van der Waals surface area (Å²) in [6, 6.07) is 14.6. The lowest BCUT2D eigenvalue weighted by atomic mass is 10.0. The maximum absolute atomic E-state index is 13.1. The molecule has 1 amide bonds. The topological polar surface area (TPSA) is 174 Å². The molecule has 13 heteroatoms. The number of halogens is 2. The maximum atomic E-state index is 13.1. The van der Waals surface area contributed by atoms with Gasteiger partial charge in [0.25, 0.3) is 0 Å². The van der Waals surface area contributed by atoms with Crippen molar-refractivity contribution in [2.75, 3.05) is 12.0 Å². The zero-order chi connectivity index (χ0) is 29.4. The fourth-order valence-electron chi connectivity index (χ4n) is 4.25. The minimum absolute atomic E-state index is 0.0805. The molecule has 0 spiro atoms. The molecule has 5 N–H and O–H groups in total. The Balaban J connectivity index is 1.69. The second-order valence-corrected chi connectivity index (χ2v) is 11.8. The summed E-state index contributed by atoms with van der Waals surface area (Å²) in [6.07, 6.45) is 0.181. The molecular weight excluding hydrogens is 581 g/mol. The van der Waals surface area contributed by atoms with Crippen molar-refractivity contribution < 1.29 is 32.3 Å². The van der Waals surface area contributed by atoms with E-state index in [-0.39, 0.29) is 28.6 Å². The number of carboxylic acid groups (broad SMARTS) is 1. The first-order valence-electron chi connectivity index (χ1n) is 11.6. The lowest BCUT2D eigenvalue weighted by molar-refractivity contribution is -0.143. The van der Waals surface area contributed by atoms with Crippen LogP contribution in [0.2, 0.25) is 10.0 Å². The molecule has 3 aromatic carbocycles. The summed E-state index contributed by atoms with van der Waals surface area (Å²) in [4.78, 5) is 36.3. The molecule has 4 aromatic rings. The smallest absolute Gasteiger partial charge is 0.322 e. The summed E-state index contributed by atoms with van der Waals surface area (Å²) >= 11 is 12.1. The van der Waals surface area contributed by atoms with Gasteiger partial charge < -0.3 is 21.0 Å². The van der Waals surface area contributed by atoms with Crippen LogP contribution in [0, 0.1) is 0 Å². The predicted molar refractivity (Wildman–Crippen MR) is 152 cm³/mol. The van der Waals surface area contributed by atoms with Crippen molar-refractivity contribution in [2.45, 2.75) is 19.0 Å². The summed E-state index contributed by atoms with van der Waals surface area (Å²) in [5, 5.41) is 10.6. The van der Waals surface area contributed by atoms with Crippen LogP contribution in [0.15, 0.2) is 65.1 Å². The summed E-state index contributed by atoms with van der Waals surface area (Å²) in [5.74, 6) is -3.03. The molecule has 0 aliphatic rings. The Hall–Kier alpha value is -3.90. The van der Waals surface area contributed by atoms with Crippen molar-refractivity contribution in [2.24, 2.45) is 5.73 Å². The van der Waals surface area contributed by atoms with Gasteiger partial charge in [0, 0.05) is 22.5 Å². The fourth-order valence-corrected chi connectivity index (χ4v) is 5.76. The van der Waals surface area contributed by atoms with Crippen LogP contribution in [0.4, 0.5) is 5.69 Å². The van der Waals surface area contributed by atoms with Crippen LogP contribution in [-0.4, -0.2) is 47.8 Å². The molecule has 0 bridgehead atoms. The predicted octanol–water partition coefficient (Wildman–Crippen LogP) is 4.31. The van der Waals surface area contributed by atoms with E-state index in [1.807, 2.05) is 0 Å². The van der Waals surface area contributed by atoms with Gasteiger partial charge in [-0.1, -0.05) is 47.5 Å². The van der Waals surface area contributed by atoms with Crippen molar-refractivity contribution in [3.63, 3.8) is 0 Å². The van der Waals surface area contributed by atoms with Crippen molar-refractivity contribution in [1.29, 1.82) is 0 Å². The number of anilines is 1. The Morgan fingerprint density at radius 3 is 2.35 bits per heavy atom. The third-order valence-corrected chi connectivity index (χ3v) is 7.95. The van der Waals surface area contributed by atoms with Gasteiger partial charge in [-0.3, -0.25) is 14.4 Å². The molecule has 0 aliphatic heterocycles. The van der Waals surface area contributed by atoms with E-state index >= 15 is 0 Å². The van der Waals surface area contributed by atoms with Gasteiger partial charge in [-0.25, -0.2) is 8.42 Å². The maximum Gasteiger partial charge on any atom is 0.322 e. The number of nitrogens with zero attached hydrogens (tertiary/aromatic N) is 1. The van der Waals surface area contributed by atoms with Crippen molar-refractivity contribution in [1.82, 2.24) is 4.31 Å². The number of hydrogen-bond donors (Lipinski definition) is 3. The van der Waals surface area contributed by atoms with Crippen molar-refractivity contribution >= 4 is 67.5 Å². The monoisotopic (exact) mass is 603 g/mol. The van der Waals surface area contributed by atoms with Crippen LogP contribution >= 0.6 is 23.2 Å². The molecule has 40 heavy (non-hydrogen) atoms. The molecule has 0 saturated heterocycles. The molecule has 1 atom stereocenters. The van der Waals surface area contributed by atoms with Crippen LogP contribution in [0.25, 0.3) is 22.1 Å². The van der Waals surface area contributed by atoms with E-state index in [0.29, 0.717) is 32.7 Å². The average Bonchev–Trinajstić information content (AvgIpc) is 3.20. The zero-order valence-electron chi connectivity index (χ0n) is 20.9. The molecule has 4 rings (SSSR count). The third kappa shape index (κ3) is 6.13. The van der Waals surface area contributed by atoms with E-state index in [1.54, 1.807) is 42.5 Å². The van der Waals surface area contributed by atoms with Crippen LogP contribution < -0.4 is 11.5 Å². The Morgan fingerprint density at radius 1 is 1.02 bits per heavy atom. The lowest BCUT2D eigenvalue weighted by Crippen LogP contribution is -2.46. The number of carbonyl (C=O) groups excluding carboxylic acids is 2. The minimum Gasteiger partial charge on any atom is -0.480 e. The number of hydrogen-bond acceptors (Lipinski definition) is 7. The van der Waals surface area contributed by atoms with Crippen molar-refractivity contribution in [3.05, 3.63) is 87.6 Å². The van der Waals surface area contributed by atoms with E-state index in [1.165, 1.54) is 18.2 Å². The number of carboxylic acids is 1. The normalized spacial score (nSPS) is 12.5. The highest BCUT2D eigenvalue weighted by Gasteiger charge is 2.34. The Morgan fingerprint density at radius 2 is 1.73 bits per heavy atom. The first kappa shape index (κ1) is 29.1. The summed E-state index contributed by atoms with van der Waals surface area (Å²) in [6.45, 7) is -0.312. The number of fused-ring (bicyclic) bond motifs is 1. The Bertz CT molecular complexity index is 1770. The summed E-state index contributed by atoms with van der Waals surface area (Å²) in [7, 11) is -4.03. The standard InChI is InChI=1S/C27H23Cl2N3O7S/c1-40(37,38)32(21(27(35)36)12-23(30)33)13-14-3-2-4-15(9-14)16-5-7-19-22(10-16)39-26(24(19)31)25(34)18-8-6-17(28)11-20(18)29/h2-11,21H,12-13,31H2,1H3,(H2,30,33)(H,35,36)/t21-/m1/s1. The van der Waals surface area contributed by atoms with Crippen LogP contribution in [0.3, 0.4) is 0 Å². The zero-order valence-corrected chi connectivity index (χ0v) is 23.3. The van der Waals surface area contributed by atoms with Gasteiger partial charge in [0.15, 0.2) is 5.76 Å². The van der Waals surface area contributed by atoms with Gasteiger partial charge in [-0.05, 0) is 53.1 Å². The molecule has 208 valence electrons. The van der Waals surface area contributed by atoms with Crippen LogP contribution in [0.5, 0.6) is 0 Å². The summed E-state index contributed by atoms with van der Waals surface area (Å²) in [5.41, 5.74) is 13.8. The van der Waals surface area contributed by atoms with Gasteiger partial charge in [0.05, 0.1) is 23.4 Å². The van der Waals surface area contributed by atoms with E-state index in [2.05, 4.69) is 0 Å². The van der Waals surface area contributed by atoms with Crippen LogP contribution in [0.1, 0.15) is 28.1 Å². The first-order valence-corrected chi connectivity index (χ1v) is 14.3. The molecule has 1 heterocycles. The highest BCUT2D eigenvalue weighted by atomic mass is 35.5. The molecule has 0 fully saturated rings.